The molecule has 0 bridgehead atoms. The predicted molar refractivity (Wildman–Crippen MR) is 112 cm³/mol. The Bertz CT molecular complexity index is 1130. The summed E-state index contributed by atoms with van der Waals surface area (Å²) in [6.07, 6.45) is 9.70. The van der Waals surface area contributed by atoms with Gasteiger partial charge in [-0.25, -0.2) is 9.97 Å². The van der Waals surface area contributed by atoms with E-state index in [9.17, 15) is 0 Å². The Kier molecular flexibility index (Phi) is 4.11. The fourth-order valence-electron chi connectivity index (χ4n) is 3.46. The number of aromatic nitrogens is 5. The van der Waals surface area contributed by atoms with Gasteiger partial charge in [0.05, 0.1) is 37.2 Å². The first kappa shape index (κ1) is 16.7. The second-order valence-electron chi connectivity index (χ2n) is 6.82. The largest absolute Gasteiger partial charge is 0.481 e. The Hall–Kier alpha value is -2.42. The summed E-state index contributed by atoms with van der Waals surface area (Å²) in [7, 11) is 1.65. The first-order valence-electron chi connectivity index (χ1n) is 8.89. The van der Waals surface area contributed by atoms with Crippen molar-refractivity contribution in [3.8, 4) is 17.3 Å². The topological polar surface area (TPSA) is 57.8 Å². The van der Waals surface area contributed by atoms with E-state index in [1.54, 1.807) is 19.6 Å². The zero-order valence-electron chi connectivity index (χ0n) is 14.8. The monoisotopic (exact) mass is 471 g/mol. The second kappa shape index (κ2) is 6.63. The molecule has 1 aliphatic rings. The minimum atomic E-state index is 0.542. The lowest BCUT2D eigenvalue weighted by atomic mass is 10.2. The van der Waals surface area contributed by atoms with Crippen molar-refractivity contribution in [3.05, 3.63) is 58.3 Å². The van der Waals surface area contributed by atoms with Crippen LogP contribution in [0.4, 0.5) is 0 Å². The number of imidazole rings is 2. The van der Waals surface area contributed by atoms with E-state index in [0.717, 1.165) is 28.3 Å². The van der Waals surface area contributed by atoms with Crippen molar-refractivity contribution in [3.63, 3.8) is 0 Å². The van der Waals surface area contributed by atoms with Gasteiger partial charge < -0.3 is 9.30 Å². The van der Waals surface area contributed by atoms with E-state index in [4.69, 9.17) is 9.72 Å². The summed E-state index contributed by atoms with van der Waals surface area (Å²) in [6, 6.07) is 9.14. The van der Waals surface area contributed by atoms with Crippen molar-refractivity contribution in [2.24, 2.45) is 0 Å². The first-order chi connectivity index (χ1) is 13.2. The van der Waals surface area contributed by atoms with Crippen LogP contribution in [0.3, 0.4) is 0 Å². The SMILES string of the molecule is COc1cncn1Cc1cncc(-c2nc3ccc(I)cc3n2C2CC2)c1. The lowest BCUT2D eigenvalue weighted by Gasteiger charge is -2.10. The number of ether oxygens (including phenoxy) is 1. The van der Waals surface area contributed by atoms with Gasteiger partial charge in [0.15, 0.2) is 0 Å². The number of halogens is 1. The Balaban J connectivity index is 1.58. The maximum absolute atomic E-state index is 5.35. The molecule has 0 saturated heterocycles. The highest BCUT2D eigenvalue weighted by Gasteiger charge is 2.29. The van der Waals surface area contributed by atoms with E-state index < -0.39 is 0 Å². The Morgan fingerprint density at radius 1 is 1.15 bits per heavy atom. The molecule has 0 unspecified atom stereocenters. The molecule has 1 fully saturated rings. The van der Waals surface area contributed by atoms with Crippen LogP contribution in [-0.2, 0) is 6.54 Å². The number of hydrogen-bond donors (Lipinski definition) is 0. The highest BCUT2D eigenvalue weighted by molar-refractivity contribution is 14.1. The van der Waals surface area contributed by atoms with Crippen molar-refractivity contribution in [2.75, 3.05) is 7.11 Å². The fraction of sp³-hybridized carbons (Fsp3) is 0.250. The first-order valence-corrected chi connectivity index (χ1v) is 9.97. The molecule has 4 aromatic rings. The Morgan fingerprint density at radius 2 is 2.04 bits per heavy atom. The van der Waals surface area contributed by atoms with Crippen LogP contribution in [0, 0.1) is 3.57 Å². The van der Waals surface area contributed by atoms with Crippen LogP contribution in [0.5, 0.6) is 5.88 Å². The molecule has 1 aromatic carbocycles. The molecule has 0 spiro atoms. The highest BCUT2D eigenvalue weighted by atomic mass is 127. The van der Waals surface area contributed by atoms with E-state index in [-0.39, 0.29) is 0 Å². The molecule has 7 heteroatoms. The molecule has 0 aliphatic heterocycles. The molecular formula is C20H18IN5O. The number of benzene rings is 1. The molecule has 1 saturated carbocycles. The molecule has 0 amide bonds. The van der Waals surface area contributed by atoms with Crippen LogP contribution in [-0.4, -0.2) is 31.2 Å². The second-order valence-corrected chi connectivity index (χ2v) is 8.06. The van der Waals surface area contributed by atoms with Crippen LogP contribution in [0.15, 0.2) is 49.2 Å². The third-order valence-electron chi connectivity index (χ3n) is 4.85. The predicted octanol–water partition coefficient (Wildman–Crippen LogP) is 4.29. The summed E-state index contributed by atoms with van der Waals surface area (Å²) in [4.78, 5) is 13.6. The highest BCUT2D eigenvalue weighted by Crippen LogP contribution is 2.41. The average Bonchev–Trinajstić information content (AvgIpc) is 3.30. The molecule has 3 aromatic heterocycles. The molecule has 136 valence electrons. The fourth-order valence-corrected chi connectivity index (χ4v) is 3.94. The lowest BCUT2D eigenvalue weighted by molar-refractivity contribution is 0.377. The standard InChI is InChI=1S/C20H18IN5O/c1-27-19-10-23-12-25(19)11-13-6-14(9-22-8-13)20-24-17-5-2-15(21)7-18(17)26(20)16-3-4-16/h2,5-10,12,16H,3-4,11H2,1H3. The molecule has 1 aliphatic carbocycles. The van der Waals surface area contributed by atoms with Gasteiger partial charge in [-0.15, -0.1) is 0 Å². The minimum absolute atomic E-state index is 0.542. The van der Waals surface area contributed by atoms with Gasteiger partial charge in [0.25, 0.3) is 0 Å². The van der Waals surface area contributed by atoms with E-state index in [1.165, 1.54) is 21.9 Å². The van der Waals surface area contributed by atoms with Gasteiger partial charge in [-0.3, -0.25) is 9.55 Å². The zero-order valence-corrected chi connectivity index (χ0v) is 17.0. The van der Waals surface area contributed by atoms with Gasteiger partial charge in [0.1, 0.15) is 5.82 Å². The average molecular weight is 471 g/mol. The number of pyridine rings is 1. The summed E-state index contributed by atoms with van der Waals surface area (Å²) >= 11 is 2.36. The summed E-state index contributed by atoms with van der Waals surface area (Å²) in [5.74, 6) is 1.74. The van der Waals surface area contributed by atoms with Crippen LogP contribution in [0.1, 0.15) is 24.4 Å². The molecule has 3 heterocycles. The third-order valence-corrected chi connectivity index (χ3v) is 5.52. The number of hydrogen-bond acceptors (Lipinski definition) is 4. The van der Waals surface area contributed by atoms with Gasteiger partial charge in [0.2, 0.25) is 5.88 Å². The lowest BCUT2D eigenvalue weighted by Crippen LogP contribution is -2.03. The molecule has 0 atom stereocenters. The van der Waals surface area contributed by atoms with Crippen LogP contribution in [0.2, 0.25) is 0 Å². The van der Waals surface area contributed by atoms with Gasteiger partial charge >= 0.3 is 0 Å². The molecule has 0 N–H and O–H groups in total. The van der Waals surface area contributed by atoms with Gasteiger partial charge in [-0.1, -0.05) is 0 Å². The number of methoxy groups -OCH3 is 1. The Labute approximate surface area is 170 Å². The summed E-state index contributed by atoms with van der Waals surface area (Å²) in [5.41, 5.74) is 4.39. The van der Waals surface area contributed by atoms with Crippen molar-refractivity contribution >= 4 is 33.6 Å². The van der Waals surface area contributed by atoms with Crippen LogP contribution in [0.25, 0.3) is 22.4 Å². The number of nitrogens with zero attached hydrogens (tertiary/aromatic N) is 5. The number of rotatable bonds is 5. The molecule has 5 rings (SSSR count). The molecular weight excluding hydrogens is 453 g/mol. The van der Waals surface area contributed by atoms with Gasteiger partial charge in [-0.2, -0.15) is 0 Å². The summed E-state index contributed by atoms with van der Waals surface area (Å²) < 4.78 is 10.9. The molecule has 6 nitrogen and oxygen atoms in total. The summed E-state index contributed by atoms with van der Waals surface area (Å²) in [5, 5.41) is 0. The maximum atomic E-state index is 5.35. The Morgan fingerprint density at radius 3 is 2.85 bits per heavy atom. The van der Waals surface area contributed by atoms with Crippen molar-refractivity contribution in [2.45, 2.75) is 25.4 Å². The van der Waals surface area contributed by atoms with E-state index in [0.29, 0.717) is 12.6 Å². The van der Waals surface area contributed by atoms with E-state index >= 15 is 0 Å². The van der Waals surface area contributed by atoms with Crippen molar-refractivity contribution < 1.29 is 4.74 Å². The minimum Gasteiger partial charge on any atom is -0.481 e. The number of fused-ring (bicyclic) bond motifs is 1. The van der Waals surface area contributed by atoms with Crippen LogP contribution < -0.4 is 4.74 Å². The molecule has 27 heavy (non-hydrogen) atoms. The van der Waals surface area contributed by atoms with E-state index in [2.05, 4.69) is 61.4 Å². The van der Waals surface area contributed by atoms with Crippen molar-refractivity contribution in [1.29, 1.82) is 0 Å². The third kappa shape index (κ3) is 3.09. The van der Waals surface area contributed by atoms with E-state index in [1.807, 2.05) is 17.0 Å². The van der Waals surface area contributed by atoms with Crippen molar-refractivity contribution in [1.82, 2.24) is 24.1 Å². The molecule has 0 radical (unpaired) electrons. The van der Waals surface area contributed by atoms with Gasteiger partial charge in [0, 0.05) is 27.6 Å². The quantitative estimate of drug-likeness (QED) is 0.408. The smallest absolute Gasteiger partial charge is 0.213 e. The van der Waals surface area contributed by atoms with Crippen LogP contribution >= 0.6 is 22.6 Å². The zero-order chi connectivity index (χ0) is 18.4. The normalized spacial score (nSPS) is 14.0. The summed E-state index contributed by atoms with van der Waals surface area (Å²) in [6.45, 7) is 0.658. The van der Waals surface area contributed by atoms with Gasteiger partial charge in [-0.05, 0) is 65.3 Å². The maximum Gasteiger partial charge on any atom is 0.213 e.